The predicted molar refractivity (Wildman–Crippen MR) is 118 cm³/mol. The van der Waals surface area contributed by atoms with Gasteiger partial charge in [0.1, 0.15) is 24.7 Å². The molecule has 0 amide bonds. The second kappa shape index (κ2) is 8.63. The molecule has 1 N–H and O–H groups in total. The van der Waals surface area contributed by atoms with Crippen LogP contribution in [0, 0.1) is 6.92 Å². The third-order valence-electron chi connectivity index (χ3n) is 5.21. The Kier molecular flexibility index (Phi) is 5.75. The highest BCUT2D eigenvalue weighted by Crippen LogP contribution is 2.36. The molecule has 4 rings (SSSR count). The third kappa shape index (κ3) is 4.30. The van der Waals surface area contributed by atoms with E-state index >= 15 is 0 Å². The van der Waals surface area contributed by atoms with Crippen molar-refractivity contribution in [2.45, 2.75) is 46.4 Å². The van der Waals surface area contributed by atoms with Crippen molar-refractivity contribution in [3.8, 4) is 5.75 Å². The minimum atomic E-state index is -0.435. The summed E-state index contributed by atoms with van der Waals surface area (Å²) in [5.41, 5.74) is 4.46. The summed E-state index contributed by atoms with van der Waals surface area (Å²) in [4.78, 5) is 17.1. The topological polar surface area (TPSA) is 78.3 Å². The number of hydrogen-bond acceptors (Lipinski definition) is 6. The maximum Gasteiger partial charge on any atom is 0.338 e. The van der Waals surface area contributed by atoms with Gasteiger partial charge in [0.25, 0.3) is 0 Å². The number of benzene rings is 2. The molecule has 7 heteroatoms. The van der Waals surface area contributed by atoms with Gasteiger partial charge in [-0.05, 0) is 56.5 Å². The van der Waals surface area contributed by atoms with Crippen LogP contribution in [-0.2, 0) is 16.1 Å². The van der Waals surface area contributed by atoms with Gasteiger partial charge in [-0.15, -0.1) is 0 Å². The molecule has 1 aliphatic heterocycles. The fourth-order valence-corrected chi connectivity index (χ4v) is 3.62. The number of nitrogens with one attached hydrogen (secondary N) is 1. The van der Waals surface area contributed by atoms with Gasteiger partial charge in [-0.2, -0.15) is 10.1 Å². The van der Waals surface area contributed by atoms with Crippen LogP contribution in [0.1, 0.15) is 43.5 Å². The number of allylic oxidation sites excluding steroid dienone is 1. The second-order valence-corrected chi connectivity index (χ2v) is 7.83. The lowest BCUT2D eigenvalue weighted by Crippen LogP contribution is -2.30. The standard InChI is InChI=1S/C24H26N4O3/c1-15(2)31-23(29)21-17(4)27-24-25-14-26-28(24)22(21)18-9-11-20(12-10-18)30-13-19-8-6-5-7-16(19)3/h5-12,14-15,22H,13H2,1-4H3,(H,25,26,27). The van der Waals surface area contributed by atoms with Crippen molar-refractivity contribution in [1.29, 1.82) is 0 Å². The highest BCUT2D eigenvalue weighted by atomic mass is 16.5. The molecule has 0 radical (unpaired) electrons. The SMILES string of the molecule is CC1=C(C(=O)OC(C)C)C(c2ccc(OCc3ccccc3C)cc2)n2ncnc2N1. The molecule has 2 heterocycles. The zero-order valence-electron chi connectivity index (χ0n) is 18.1. The zero-order chi connectivity index (χ0) is 22.0. The number of ether oxygens (including phenoxy) is 2. The minimum Gasteiger partial charge on any atom is -0.489 e. The summed E-state index contributed by atoms with van der Waals surface area (Å²) < 4.78 is 13.2. The van der Waals surface area contributed by atoms with Crippen molar-refractivity contribution in [3.63, 3.8) is 0 Å². The molecule has 0 fully saturated rings. The molecule has 0 aliphatic carbocycles. The molecule has 160 valence electrons. The van der Waals surface area contributed by atoms with Gasteiger partial charge in [0.2, 0.25) is 5.95 Å². The van der Waals surface area contributed by atoms with Gasteiger partial charge in [0, 0.05) is 5.70 Å². The van der Waals surface area contributed by atoms with E-state index < -0.39 is 6.04 Å². The summed E-state index contributed by atoms with van der Waals surface area (Å²) in [6.45, 7) is 8.08. The van der Waals surface area contributed by atoms with Gasteiger partial charge in [-0.25, -0.2) is 9.48 Å². The normalized spacial score (nSPS) is 15.5. The van der Waals surface area contributed by atoms with Crippen LogP contribution in [0.2, 0.25) is 0 Å². The molecule has 31 heavy (non-hydrogen) atoms. The first-order valence-corrected chi connectivity index (χ1v) is 10.3. The lowest BCUT2D eigenvalue weighted by molar-refractivity contribution is -0.143. The van der Waals surface area contributed by atoms with E-state index in [1.807, 2.05) is 57.2 Å². The van der Waals surface area contributed by atoms with Crippen LogP contribution in [0.3, 0.4) is 0 Å². The average molecular weight is 418 g/mol. The number of esters is 1. The van der Waals surface area contributed by atoms with Gasteiger partial charge in [0.05, 0.1) is 11.7 Å². The van der Waals surface area contributed by atoms with Crippen LogP contribution in [0.25, 0.3) is 0 Å². The summed E-state index contributed by atoms with van der Waals surface area (Å²) in [5, 5.41) is 7.48. The zero-order valence-corrected chi connectivity index (χ0v) is 18.1. The summed E-state index contributed by atoms with van der Waals surface area (Å²) in [6.07, 6.45) is 1.25. The Morgan fingerprint density at radius 2 is 1.87 bits per heavy atom. The van der Waals surface area contributed by atoms with Gasteiger partial charge < -0.3 is 14.8 Å². The van der Waals surface area contributed by atoms with E-state index in [1.54, 1.807) is 4.68 Å². The Hall–Kier alpha value is -3.61. The molecule has 0 bridgehead atoms. The molecule has 0 spiro atoms. The van der Waals surface area contributed by atoms with Crippen molar-refractivity contribution >= 4 is 11.9 Å². The predicted octanol–water partition coefficient (Wildman–Crippen LogP) is 4.41. The molecular formula is C24H26N4O3. The van der Waals surface area contributed by atoms with E-state index in [2.05, 4.69) is 34.5 Å². The van der Waals surface area contributed by atoms with Gasteiger partial charge in [0.15, 0.2) is 0 Å². The van der Waals surface area contributed by atoms with E-state index in [4.69, 9.17) is 9.47 Å². The van der Waals surface area contributed by atoms with Crippen molar-refractivity contribution in [3.05, 3.63) is 82.8 Å². The average Bonchev–Trinajstić information content (AvgIpc) is 3.20. The Balaban J connectivity index is 1.60. The maximum absolute atomic E-state index is 12.9. The number of aromatic nitrogens is 3. The first kappa shape index (κ1) is 20.7. The highest BCUT2D eigenvalue weighted by molar-refractivity contribution is 5.92. The van der Waals surface area contributed by atoms with Gasteiger partial charge in [-0.1, -0.05) is 36.4 Å². The number of aryl methyl sites for hydroxylation is 1. The van der Waals surface area contributed by atoms with Crippen LogP contribution < -0.4 is 10.1 Å². The van der Waals surface area contributed by atoms with E-state index in [9.17, 15) is 4.79 Å². The van der Waals surface area contributed by atoms with Crippen molar-refractivity contribution in [2.75, 3.05) is 5.32 Å². The maximum atomic E-state index is 12.9. The van der Waals surface area contributed by atoms with Gasteiger partial charge in [-0.3, -0.25) is 0 Å². The van der Waals surface area contributed by atoms with E-state index in [-0.39, 0.29) is 12.1 Å². The fraction of sp³-hybridized carbons (Fsp3) is 0.292. The van der Waals surface area contributed by atoms with E-state index in [0.29, 0.717) is 23.8 Å². The lowest BCUT2D eigenvalue weighted by Gasteiger charge is -2.28. The first-order valence-electron chi connectivity index (χ1n) is 10.3. The number of carbonyl (C=O) groups excluding carboxylic acids is 1. The van der Waals surface area contributed by atoms with E-state index in [0.717, 1.165) is 16.9 Å². The summed E-state index contributed by atoms with van der Waals surface area (Å²) in [7, 11) is 0. The number of fused-ring (bicyclic) bond motifs is 1. The summed E-state index contributed by atoms with van der Waals surface area (Å²) in [5.74, 6) is 0.973. The number of nitrogens with zero attached hydrogens (tertiary/aromatic N) is 3. The van der Waals surface area contributed by atoms with Crippen LogP contribution in [0.15, 0.2) is 66.1 Å². The molecule has 1 aromatic heterocycles. The molecular weight excluding hydrogens is 392 g/mol. The molecule has 0 saturated carbocycles. The largest absolute Gasteiger partial charge is 0.489 e. The number of anilines is 1. The molecule has 0 saturated heterocycles. The Bertz CT molecular complexity index is 1120. The molecule has 1 unspecified atom stereocenters. The van der Waals surface area contributed by atoms with Crippen LogP contribution >= 0.6 is 0 Å². The van der Waals surface area contributed by atoms with E-state index in [1.165, 1.54) is 11.9 Å². The van der Waals surface area contributed by atoms with Crippen molar-refractivity contribution in [2.24, 2.45) is 0 Å². The summed E-state index contributed by atoms with van der Waals surface area (Å²) >= 11 is 0. The van der Waals surface area contributed by atoms with Crippen LogP contribution in [-0.4, -0.2) is 26.8 Å². The van der Waals surface area contributed by atoms with Gasteiger partial charge >= 0.3 is 5.97 Å². The van der Waals surface area contributed by atoms with Crippen molar-refractivity contribution in [1.82, 2.24) is 14.8 Å². The van der Waals surface area contributed by atoms with Crippen LogP contribution in [0.5, 0.6) is 5.75 Å². The summed E-state index contributed by atoms with van der Waals surface area (Å²) in [6, 6.07) is 15.4. The third-order valence-corrected chi connectivity index (χ3v) is 5.21. The molecule has 1 aliphatic rings. The van der Waals surface area contributed by atoms with Crippen LogP contribution in [0.4, 0.5) is 5.95 Å². The molecule has 3 aromatic rings. The number of hydrogen-bond donors (Lipinski definition) is 1. The Labute approximate surface area is 181 Å². The highest BCUT2D eigenvalue weighted by Gasteiger charge is 2.34. The molecule has 1 atom stereocenters. The lowest BCUT2D eigenvalue weighted by atomic mass is 9.95. The Morgan fingerprint density at radius 1 is 1.13 bits per heavy atom. The monoisotopic (exact) mass is 418 g/mol. The molecule has 7 nitrogen and oxygen atoms in total. The number of rotatable bonds is 6. The molecule has 2 aromatic carbocycles. The quantitative estimate of drug-likeness (QED) is 0.598. The smallest absolute Gasteiger partial charge is 0.338 e. The second-order valence-electron chi connectivity index (χ2n) is 7.83. The minimum absolute atomic E-state index is 0.220. The fourth-order valence-electron chi connectivity index (χ4n) is 3.62. The first-order chi connectivity index (χ1) is 14.9. The Morgan fingerprint density at radius 3 is 2.58 bits per heavy atom. The number of carbonyl (C=O) groups is 1. The van der Waals surface area contributed by atoms with Crippen molar-refractivity contribution < 1.29 is 14.3 Å².